The maximum atomic E-state index is 12.2. The predicted molar refractivity (Wildman–Crippen MR) is 71.1 cm³/mol. The standard InChI is InChI=1S/C13H18N2O4/c1-9-7-10(15(18)19)5-6-11(9)12(16)14(4)8-13(2,3)17/h5-7,17H,8H2,1-4H3. The van der Waals surface area contributed by atoms with Crippen molar-refractivity contribution in [2.24, 2.45) is 0 Å². The first-order valence-corrected chi connectivity index (χ1v) is 5.85. The Kier molecular flexibility index (Phi) is 4.26. The number of nitro benzene ring substituents is 1. The second-order valence-corrected chi connectivity index (χ2v) is 5.23. The van der Waals surface area contributed by atoms with Gasteiger partial charge in [-0.15, -0.1) is 0 Å². The van der Waals surface area contributed by atoms with Gasteiger partial charge in [-0.25, -0.2) is 0 Å². The summed E-state index contributed by atoms with van der Waals surface area (Å²) in [5.74, 6) is -0.269. The molecule has 1 aromatic rings. The number of nitrogens with zero attached hydrogens (tertiary/aromatic N) is 2. The van der Waals surface area contributed by atoms with Gasteiger partial charge in [0.25, 0.3) is 11.6 Å². The molecule has 0 bridgehead atoms. The lowest BCUT2D eigenvalue weighted by Crippen LogP contribution is -2.39. The van der Waals surface area contributed by atoms with E-state index in [0.29, 0.717) is 11.1 Å². The molecule has 6 heteroatoms. The second-order valence-electron chi connectivity index (χ2n) is 5.23. The highest BCUT2D eigenvalue weighted by atomic mass is 16.6. The highest BCUT2D eigenvalue weighted by molar-refractivity contribution is 5.95. The van der Waals surface area contributed by atoms with E-state index in [-0.39, 0.29) is 18.1 Å². The van der Waals surface area contributed by atoms with Crippen molar-refractivity contribution in [2.45, 2.75) is 26.4 Å². The van der Waals surface area contributed by atoms with Crippen LogP contribution in [0.15, 0.2) is 18.2 Å². The number of likely N-dealkylation sites (N-methyl/N-ethyl adjacent to an activating group) is 1. The van der Waals surface area contributed by atoms with Crippen LogP contribution in [0.25, 0.3) is 0 Å². The van der Waals surface area contributed by atoms with Gasteiger partial charge < -0.3 is 10.0 Å². The van der Waals surface area contributed by atoms with E-state index < -0.39 is 10.5 Å². The quantitative estimate of drug-likeness (QED) is 0.664. The van der Waals surface area contributed by atoms with Crippen molar-refractivity contribution in [3.8, 4) is 0 Å². The maximum Gasteiger partial charge on any atom is 0.269 e. The molecule has 0 unspecified atom stereocenters. The van der Waals surface area contributed by atoms with Gasteiger partial charge in [0.05, 0.1) is 10.5 Å². The molecule has 0 aliphatic carbocycles. The molecule has 0 saturated carbocycles. The summed E-state index contributed by atoms with van der Waals surface area (Å²) in [5, 5.41) is 20.3. The van der Waals surface area contributed by atoms with Crippen LogP contribution in [0.3, 0.4) is 0 Å². The molecule has 1 rings (SSSR count). The zero-order valence-corrected chi connectivity index (χ0v) is 11.5. The van der Waals surface area contributed by atoms with Gasteiger partial charge in [-0.3, -0.25) is 14.9 Å². The number of aryl methyl sites for hydroxylation is 1. The molecule has 0 aliphatic rings. The Hall–Kier alpha value is -1.95. The monoisotopic (exact) mass is 266 g/mol. The molecule has 0 saturated heterocycles. The van der Waals surface area contributed by atoms with Crippen LogP contribution in [0.2, 0.25) is 0 Å². The molecule has 0 aliphatic heterocycles. The predicted octanol–water partition coefficient (Wildman–Crippen LogP) is 1.75. The normalized spacial score (nSPS) is 11.2. The van der Waals surface area contributed by atoms with Gasteiger partial charge in [-0.05, 0) is 32.4 Å². The Labute approximate surface area is 111 Å². The van der Waals surface area contributed by atoms with Gasteiger partial charge in [0.2, 0.25) is 0 Å². The van der Waals surface area contributed by atoms with Crippen LogP contribution in [-0.2, 0) is 0 Å². The van der Waals surface area contributed by atoms with E-state index in [2.05, 4.69) is 0 Å². The highest BCUT2D eigenvalue weighted by Crippen LogP contribution is 2.19. The van der Waals surface area contributed by atoms with E-state index in [0.717, 1.165) is 0 Å². The maximum absolute atomic E-state index is 12.2. The molecule has 0 heterocycles. The fraction of sp³-hybridized carbons (Fsp3) is 0.462. The zero-order chi connectivity index (χ0) is 14.8. The Balaban J connectivity index is 2.97. The molecular formula is C13H18N2O4. The Morgan fingerprint density at radius 3 is 2.47 bits per heavy atom. The highest BCUT2D eigenvalue weighted by Gasteiger charge is 2.22. The summed E-state index contributed by atoms with van der Waals surface area (Å²) in [4.78, 5) is 23.7. The number of hydrogen-bond donors (Lipinski definition) is 1. The Bertz CT molecular complexity index is 506. The lowest BCUT2D eigenvalue weighted by atomic mass is 10.1. The average Bonchev–Trinajstić information content (AvgIpc) is 2.25. The summed E-state index contributed by atoms with van der Waals surface area (Å²) >= 11 is 0. The van der Waals surface area contributed by atoms with Gasteiger partial charge in [0.15, 0.2) is 0 Å². The summed E-state index contributed by atoms with van der Waals surface area (Å²) in [6.07, 6.45) is 0. The minimum atomic E-state index is -0.987. The molecule has 0 aromatic heterocycles. The van der Waals surface area contributed by atoms with Gasteiger partial charge in [0, 0.05) is 31.3 Å². The van der Waals surface area contributed by atoms with Crippen molar-refractivity contribution < 1.29 is 14.8 Å². The minimum Gasteiger partial charge on any atom is -0.389 e. The summed E-state index contributed by atoms with van der Waals surface area (Å²) in [6, 6.07) is 4.11. The van der Waals surface area contributed by atoms with Gasteiger partial charge >= 0.3 is 0 Å². The molecule has 1 amide bonds. The zero-order valence-electron chi connectivity index (χ0n) is 11.5. The molecule has 1 N–H and O–H groups in total. The van der Waals surface area contributed by atoms with E-state index in [1.807, 2.05) is 0 Å². The van der Waals surface area contributed by atoms with Crippen molar-refractivity contribution in [1.29, 1.82) is 0 Å². The SMILES string of the molecule is Cc1cc([N+](=O)[O-])ccc1C(=O)N(C)CC(C)(C)O. The van der Waals surface area contributed by atoms with Crippen LogP contribution in [-0.4, -0.2) is 40.0 Å². The number of carbonyl (C=O) groups excluding carboxylic acids is 1. The molecule has 0 spiro atoms. The lowest BCUT2D eigenvalue weighted by molar-refractivity contribution is -0.384. The van der Waals surface area contributed by atoms with Gasteiger partial charge in [-0.1, -0.05) is 0 Å². The summed E-state index contributed by atoms with van der Waals surface area (Å²) in [6.45, 7) is 5.05. The van der Waals surface area contributed by atoms with Crippen molar-refractivity contribution in [3.63, 3.8) is 0 Å². The first kappa shape index (κ1) is 15.1. The smallest absolute Gasteiger partial charge is 0.269 e. The average molecular weight is 266 g/mol. The minimum absolute atomic E-state index is 0.0424. The largest absolute Gasteiger partial charge is 0.389 e. The van der Waals surface area contributed by atoms with Crippen LogP contribution in [0.1, 0.15) is 29.8 Å². The van der Waals surface area contributed by atoms with E-state index >= 15 is 0 Å². The molecule has 6 nitrogen and oxygen atoms in total. The van der Waals surface area contributed by atoms with E-state index in [9.17, 15) is 20.0 Å². The van der Waals surface area contributed by atoms with Gasteiger partial charge in [0.1, 0.15) is 0 Å². The number of aliphatic hydroxyl groups is 1. The molecule has 0 atom stereocenters. The topological polar surface area (TPSA) is 83.7 Å². The van der Waals surface area contributed by atoms with E-state index in [4.69, 9.17) is 0 Å². The summed E-state index contributed by atoms with van der Waals surface area (Å²) < 4.78 is 0. The summed E-state index contributed by atoms with van der Waals surface area (Å²) in [7, 11) is 1.58. The van der Waals surface area contributed by atoms with Crippen molar-refractivity contribution in [2.75, 3.05) is 13.6 Å². The Morgan fingerprint density at radius 1 is 1.47 bits per heavy atom. The number of hydrogen-bond acceptors (Lipinski definition) is 4. The van der Waals surface area contributed by atoms with Crippen LogP contribution < -0.4 is 0 Å². The number of non-ortho nitro benzene ring substituents is 1. The molecular weight excluding hydrogens is 248 g/mol. The number of amides is 1. The van der Waals surface area contributed by atoms with Crippen LogP contribution >= 0.6 is 0 Å². The fourth-order valence-electron chi connectivity index (χ4n) is 1.86. The van der Waals surface area contributed by atoms with E-state index in [1.165, 1.54) is 23.1 Å². The Morgan fingerprint density at radius 2 is 2.05 bits per heavy atom. The molecule has 0 fully saturated rings. The van der Waals surface area contributed by atoms with Crippen molar-refractivity contribution in [1.82, 2.24) is 4.90 Å². The lowest BCUT2D eigenvalue weighted by Gasteiger charge is -2.26. The van der Waals surface area contributed by atoms with Crippen molar-refractivity contribution in [3.05, 3.63) is 39.4 Å². The molecule has 0 radical (unpaired) electrons. The molecule has 104 valence electrons. The third kappa shape index (κ3) is 4.03. The van der Waals surface area contributed by atoms with Crippen molar-refractivity contribution >= 4 is 11.6 Å². The number of benzene rings is 1. The summed E-state index contributed by atoms with van der Waals surface area (Å²) in [5.41, 5.74) is -0.0858. The first-order valence-electron chi connectivity index (χ1n) is 5.85. The van der Waals surface area contributed by atoms with E-state index in [1.54, 1.807) is 27.8 Å². The first-order chi connectivity index (χ1) is 8.61. The van der Waals surface area contributed by atoms with Crippen LogP contribution in [0, 0.1) is 17.0 Å². The van der Waals surface area contributed by atoms with Gasteiger partial charge in [-0.2, -0.15) is 0 Å². The fourth-order valence-corrected chi connectivity index (χ4v) is 1.86. The number of carbonyl (C=O) groups is 1. The third-order valence-electron chi connectivity index (χ3n) is 2.62. The number of rotatable bonds is 4. The van der Waals surface area contributed by atoms with Crippen LogP contribution in [0.5, 0.6) is 0 Å². The number of nitro groups is 1. The molecule has 1 aromatic carbocycles. The second kappa shape index (κ2) is 5.36. The third-order valence-corrected chi connectivity index (χ3v) is 2.62. The molecule has 19 heavy (non-hydrogen) atoms. The van der Waals surface area contributed by atoms with Crippen LogP contribution in [0.4, 0.5) is 5.69 Å².